The summed E-state index contributed by atoms with van der Waals surface area (Å²) in [6, 6.07) is 9.37. The van der Waals surface area contributed by atoms with E-state index in [4.69, 9.17) is 14.2 Å². The van der Waals surface area contributed by atoms with Crippen molar-refractivity contribution < 1.29 is 23.4 Å². The van der Waals surface area contributed by atoms with E-state index in [1.807, 2.05) is 13.0 Å². The Hall–Kier alpha value is -2.42. The Morgan fingerprint density at radius 2 is 2.11 bits per heavy atom. The Morgan fingerprint density at radius 1 is 1.30 bits per heavy atom. The van der Waals surface area contributed by atoms with E-state index in [-0.39, 0.29) is 11.6 Å². The molecule has 0 aromatic heterocycles. The van der Waals surface area contributed by atoms with Crippen LogP contribution in [0.4, 0.5) is 4.39 Å². The molecule has 0 saturated heterocycles. The maximum atomic E-state index is 13.4. The third-order valence-corrected chi connectivity index (χ3v) is 4.50. The molecule has 0 saturated carbocycles. The van der Waals surface area contributed by atoms with Crippen molar-refractivity contribution in [3.8, 4) is 11.5 Å². The molecular weight excluding hydrogens is 464 g/mol. The van der Waals surface area contributed by atoms with Crippen LogP contribution in [0.5, 0.6) is 11.5 Å². The lowest BCUT2D eigenvalue weighted by molar-refractivity contribution is -0.129. The fourth-order valence-electron chi connectivity index (χ4n) is 2.48. The SMILES string of the molecule is CCCOc1c(I)cc(C=C2N=C(c3cccc(F)c3)OC2=O)cc1OC. The number of hydrogen-bond acceptors (Lipinski definition) is 5. The fraction of sp³-hybridized carbons (Fsp3) is 0.200. The van der Waals surface area contributed by atoms with Gasteiger partial charge in [-0.05, 0) is 71.0 Å². The number of carbonyl (C=O) groups excluding carboxylic acids is 1. The Morgan fingerprint density at radius 3 is 2.81 bits per heavy atom. The highest BCUT2D eigenvalue weighted by Crippen LogP contribution is 2.35. The Bertz CT molecular complexity index is 940. The fourth-order valence-corrected chi connectivity index (χ4v) is 3.26. The number of ether oxygens (including phenoxy) is 3. The minimum atomic E-state index is -0.588. The zero-order chi connectivity index (χ0) is 19.4. The first-order chi connectivity index (χ1) is 13.0. The standard InChI is InChI=1S/C20H17FINO4/c1-3-7-26-18-15(22)8-12(10-17(18)25-2)9-16-20(24)27-19(23-16)13-5-4-6-14(21)11-13/h4-6,8-11H,3,7H2,1-2H3. The van der Waals surface area contributed by atoms with Crippen molar-refractivity contribution in [1.82, 2.24) is 0 Å². The van der Waals surface area contributed by atoms with Gasteiger partial charge in [0.1, 0.15) is 5.82 Å². The zero-order valence-electron chi connectivity index (χ0n) is 14.8. The van der Waals surface area contributed by atoms with Crippen LogP contribution in [0.3, 0.4) is 0 Å². The number of halogens is 2. The van der Waals surface area contributed by atoms with Crippen molar-refractivity contribution in [2.45, 2.75) is 13.3 Å². The lowest BCUT2D eigenvalue weighted by atomic mass is 10.1. The van der Waals surface area contributed by atoms with Gasteiger partial charge in [0.05, 0.1) is 17.3 Å². The van der Waals surface area contributed by atoms with Crippen LogP contribution in [0, 0.1) is 9.39 Å². The van der Waals surface area contributed by atoms with Crippen molar-refractivity contribution >= 4 is 40.5 Å². The van der Waals surface area contributed by atoms with Gasteiger partial charge >= 0.3 is 5.97 Å². The van der Waals surface area contributed by atoms with Gasteiger partial charge in [0.15, 0.2) is 17.2 Å². The Balaban J connectivity index is 1.94. The van der Waals surface area contributed by atoms with Gasteiger partial charge in [-0.2, -0.15) is 0 Å². The maximum absolute atomic E-state index is 13.4. The van der Waals surface area contributed by atoms with Gasteiger partial charge in [0, 0.05) is 5.56 Å². The second kappa shape index (κ2) is 8.51. The van der Waals surface area contributed by atoms with E-state index in [2.05, 4.69) is 27.6 Å². The van der Waals surface area contributed by atoms with Crippen molar-refractivity contribution in [1.29, 1.82) is 0 Å². The molecule has 0 fully saturated rings. The lowest BCUT2D eigenvalue weighted by Crippen LogP contribution is -2.05. The molecule has 0 unspecified atom stereocenters. The van der Waals surface area contributed by atoms with Crippen molar-refractivity contribution in [2.24, 2.45) is 4.99 Å². The number of esters is 1. The summed E-state index contributed by atoms with van der Waals surface area (Å²) >= 11 is 2.16. The first-order valence-electron chi connectivity index (χ1n) is 8.30. The molecule has 1 aliphatic heterocycles. The summed E-state index contributed by atoms with van der Waals surface area (Å²) in [5.41, 5.74) is 1.26. The van der Waals surface area contributed by atoms with Gasteiger partial charge in [0.25, 0.3) is 0 Å². The van der Waals surface area contributed by atoms with Crippen LogP contribution >= 0.6 is 22.6 Å². The molecule has 140 valence electrons. The van der Waals surface area contributed by atoms with Crippen LogP contribution < -0.4 is 9.47 Å². The molecule has 7 heteroatoms. The maximum Gasteiger partial charge on any atom is 0.363 e. The highest BCUT2D eigenvalue weighted by molar-refractivity contribution is 14.1. The van der Waals surface area contributed by atoms with E-state index in [1.54, 1.807) is 25.3 Å². The van der Waals surface area contributed by atoms with Gasteiger partial charge in [-0.25, -0.2) is 14.2 Å². The number of methoxy groups -OCH3 is 1. The molecule has 27 heavy (non-hydrogen) atoms. The van der Waals surface area contributed by atoms with E-state index in [1.165, 1.54) is 18.2 Å². The molecule has 3 rings (SSSR count). The van der Waals surface area contributed by atoms with Crippen LogP contribution in [0.25, 0.3) is 6.08 Å². The number of rotatable bonds is 6. The lowest BCUT2D eigenvalue weighted by Gasteiger charge is -2.13. The quantitative estimate of drug-likeness (QED) is 0.345. The Kier molecular flexibility index (Phi) is 6.10. The molecule has 1 heterocycles. The van der Waals surface area contributed by atoms with Crippen molar-refractivity contribution in [3.05, 3.63) is 62.6 Å². The first kappa shape index (κ1) is 19.3. The van der Waals surface area contributed by atoms with Crippen LogP contribution in [0.2, 0.25) is 0 Å². The van der Waals surface area contributed by atoms with Gasteiger partial charge in [-0.1, -0.05) is 13.0 Å². The largest absolute Gasteiger partial charge is 0.493 e. The van der Waals surface area contributed by atoms with Gasteiger partial charge < -0.3 is 14.2 Å². The second-order valence-corrected chi connectivity index (χ2v) is 6.89. The topological polar surface area (TPSA) is 57.1 Å². The molecule has 0 bridgehead atoms. The number of cyclic esters (lactones) is 1. The van der Waals surface area contributed by atoms with E-state index in [0.29, 0.717) is 23.7 Å². The van der Waals surface area contributed by atoms with Crippen molar-refractivity contribution in [3.63, 3.8) is 0 Å². The van der Waals surface area contributed by atoms with E-state index >= 15 is 0 Å². The molecule has 5 nitrogen and oxygen atoms in total. The second-order valence-electron chi connectivity index (χ2n) is 5.73. The third kappa shape index (κ3) is 4.47. The summed E-state index contributed by atoms with van der Waals surface area (Å²) in [5.74, 6) is 0.304. The van der Waals surface area contributed by atoms with Crippen LogP contribution in [0.1, 0.15) is 24.5 Å². The number of benzene rings is 2. The summed E-state index contributed by atoms with van der Waals surface area (Å²) in [4.78, 5) is 16.3. The van der Waals surface area contributed by atoms with Gasteiger partial charge in [-0.3, -0.25) is 0 Å². The average molecular weight is 481 g/mol. The first-order valence-corrected chi connectivity index (χ1v) is 9.38. The predicted molar refractivity (Wildman–Crippen MR) is 109 cm³/mol. The number of nitrogens with zero attached hydrogens (tertiary/aromatic N) is 1. The number of hydrogen-bond donors (Lipinski definition) is 0. The molecule has 0 amide bonds. The van der Waals surface area contributed by atoms with Gasteiger partial charge in [-0.15, -0.1) is 0 Å². The summed E-state index contributed by atoms with van der Waals surface area (Å²) in [6.45, 7) is 2.61. The minimum Gasteiger partial charge on any atom is -0.493 e. The normalized spacial score (nSPS) is 14.9. The molecule has 1 aliphatic rings. The molecule has 0 aliphatic carbocycles. The molecule has 0 N–H and O–H groups in total. The molecule has 0 radical (unpaired) electrons. The molecule has 2 aromatic rings. The zero-order valence-corrected chi connectivity index (χ0v) is 16.9. The molecule has 0 spiro atoms. The average Bonchev–Trinajstić information content (AvgIpc) is 3.01. The van der Waals surface area contributed by atoms with E-state index in [0.717, 1.165) is 15.6 Å². The van der Waals surface area contributed by atoms with E-state index in [9.17, 15) is 9.18 Å². The Labute approximate surface area is 170 Å². The van der Waals surface area contributed by atoms with Crippen LogP contribution in [0.15, 0.2) is 47.1 Å². The molecule has 2 aromatic carbocycles. The van der Waals surface area contributed by atoms with Gasteiger partial charge in [0.2, 0.25) is 5.90 Å². The minimum absolute atomic E-state index is 0.0790. The number of aliphatic imine (C=N–C) groups is 1. The smallest absolute Gasteiger partial charge is 0.363 e. The van der Waals surface area contributed by atoms with E-state index < -0.39 is 11.8 Å². The highest BCUT2D eigenvalue weighted by Gasteiger charge is 2.24. The van der Waals surface area contributed by atoms with Crippen LogP contribution in [-0.4, -0.2) is 25.6 Å². The highest BCUT2D eigenvalue weighted by atomic mass is 127. The monoisotopic (exact) mass is 481 g/mol. The predicted octanol–water partition coefficient (Wildman–Crippen LogP) is 4.57. The van der Waals surface area contributed by atoms with Crippen molar-refractivity contribution in [2.75, 3.05) is 13.7 Å². The summed E-state index contributed by atoms with van der Waals surface area (Å²) in [7, 11) is 1.56. The third-order valence-electron chi connectivity index (χ3n) is 3.70. The molecular formula is C20H17FINO4. The summed E-state index contributed by atoms with van der Waals surface area (Å²) in [6.07, 6.45) is 2.48. The summed E-state index contributed by atoms with van der Waals surface area (Å²) < 4.78 is 30.5. The summed E-state index contributed by atoms with van der Waals surface area (Å²) in [5, 5.41) is 0. The molecule has 0 atom stereocenters. The van der Waals surface area contributed by atoms with Crippen LogP contribution in [-0.2, 0) is 9.53 Å². The number of carbonyl (C=O) groups is 1.